The minimum Gasteiger partial charge on any atom is -0.401 e. The summed E-state index contributed by atoms with van der Waals surface area (Å²) >= 11 is 0. The van der Waals surface area contributed by atoms with Gasteiger partial charge in [-0.2, -0.15) is 0 Å². The van der Waals surface area contributed by atoms with Crippen molar-refractivity contribution < 1.29 is 13.0 Å². The van der Waals surface area contributed by atoms with E-state index in [2.05, 4.69) is 48.5 Å². The second-order valence-electron chi connectivity index (χ2n) is 7.21. The summed E-state index contributed by atoms with van der Waals surface area (Å²) in [5, 5.41) is 4.18. The van der Waals surface area contributed by atoms with Crippen molar-refractivity contribution in [2.75, 3.05) is 14.2 Å². The fraction of sp³-hybridized carbons (Fsp3) is 0.0769. The highest BCUT2D eigenvalue weighted by Gasteiger charge is 2.53. The molecule has 0 saturated carbocycles. The van der Waals surface area contributed by atoms with Crippen LogP contribution in [0.1, 0.15) is 0 Å². The monoisotopic (exact) mass is 442 g/mol. The van der Waals surface area contributed by atoms with E-state index in [1.54, 1.807) is 14.2 Å². The third-order valence-electron chi connectivity index (χ3n) is 5.48. The zero-order chi connectivity index (χ0) is 21.6. The van der Waals surface area contributed by atoms with Gasteiger partial charge in [0.1, 0.15) is 0 Å². The van der Waals surface area contributed by atoms with Crippen LogP contribution in [0.15, 0.2) is 121 Å². The topological polar surface area (TPSA) is 27.7 Å². The quantitative estimate of drug-likeness (QED) is 0.393. The van der Waals surface area contributed by atoms with Crippen molar-refractivity contribution in [3.8, 4) is 0 Å². The summed E-state index contributed by atoms with van der Waals surface area (Å²) in [6.07, 6.45) is 0. The zero-order valence-corrected chi connectivity index (χ0v) is 19.8. The molecule has 0 heterocycles. The van der Waals surface area contributed by atoms with Crippen LogP contribution in [0.2, 0.25) is 0 Å². The predicted molar refractivity (Wildman–Crippen MR) is 131 cm³/mol. The molecule has 0 bridgehead atoms. The van der Waals surface area contributed by atoms with Crippen molar-refractivity contribution >= 4 is 37.9 Å². The SMILES string of the molecule is CO[Si](O[Si](OC)(c1ccccc1)c1ccccc1)(c1ccccc1)c1ccccc1. The lowest BCUT2D eigenvalue weighted by Gasteiger charge is -2.40. The van der Waals surface area contributed by atoms with Crippen LogP contribution in [0, 0.1) is 0 Å². The Labute approximate surface area is 186 Å². The van der Waals surface area contributed by atoms with Crippen molar-refractivity contribution in [3.05, 3.63) is 121 Å². The third-order valence-corrected chi connectivity index (χ3v) is 13.3. The van der Waals surface area contributed by atoms with Crippen LogP contribution in [-0.4, -0.2) is 31.3 Å². The third kappa shape index (κ3) is 4.06. The first-order valence-corrected chi connectivity index (χ1v) is 13.9. The fourth-order valence-electron chi connectivity index (χ4n) is 3.96. The van der Waals surface area contributed by atoms with Gasteiger partial charge in [-0.1, -0.05) is 121 Å². The van der Waals surface area contributed by atoms with E-state index in [0.717, 1.165) is 20.7 Å². The summed E-state index contributed by atoms with van der Waals surface area (Å²) in [4.78, 5) is 0. The summed E-state index contributed by atoms with van der Waals surface area (Å²) < 4.78 is 20.1. The number of hydrogen-bond donors (Lipinski definition) is 0. The molecule has 0 amide bonds. The second-order valence-corrected chi connectivity index (χ2v) is 13.6. The lowest BCUT2D eigenvalue weighted by atomic mass is 10.4. The lowest BCUT2D eigenvalue weighted by molar-refractivity contribution is 0.271. The van der Waals surface area contributed by atoms with Gasteiger partial charge >= 0.3 is 17.1 Å². The predicted octanol–water partition coefficient (Wildman–Crippen LogP) is 2.81. The van der Waals surface area contributed by atoms with E-state index in [1.807, 2.05) is 72.8 Å². The molecule has 0 atom stereocenters. The summed E-state index contributed by atoms with van der Waals surface area (Å²) in [7, 11) is -2.72. The Kier molecular flexibility index (Phi) is 6.60. The first-order valence-electron chi connectivity index (χ1n) is 10.3. The van der Waals surface area contributed by atoms with Crippen LogP contribution < -0.4 is 20.7 Å². The minimum absolute atomic E-state index is 1.05. The molecule has 0 aliphatic heterocycles. The van der Waals surface area contributed by atoms with Gasteiger partial charge in [-0.3, -0.25) is 0 Å². The largest absolute Gasteiger partial charge is 0.401 e. The maximum Gasteiger partial charge on any atom is 0.398 e. The van der Waals surface area contributed by atoms with Gasteiger partial charge in [-0.25, -0.2) is 0 Å². The average Bonchev–Trinajstić information content (AvgIpc) is 2.87. The van der Waals surface area contributed by atoms with E-state index >= 15 is 0 Å². The molecule has 0 unspecified atom stereocenters. The van der Waals surface area contributed by atoms with Crippen LogP contribution in [0.3, 0.4) is 0 Å². The molecule has 4 aromatic carbocycles. The van der Waals surface area contributed by atoms with E-state index in [0.29, 0.717) is 0 Å². The Hall–Kier alpha value is -2.81. The molecule has 5 heteroatoms. The highest BCUT2D eigenvalue weighted by Crippen LogP contribution is 2.18. The maximum atomic E-state index is 7.30. The van der Waals surface area contributed by atoms with Gasteiger partial charge in [0.05, 0.1) is 0 Å². The van der Waals surface area contributed by atoms with E-state index in [-0.39, 0.29) is 0 Å². The van der Waals surface area contributed by atoms with Crippen molar-refractivity contribution in [2.45, 2.75) is 0 Å². The molecule has 0 aliphatic rings. The molecule has 0 radical (unpaired) electrons. The Morgan fingerprint density at radius 2 is 0.613 bits per heavy atom. The van der Waals surface area contributed by atoms with Crippen molar-refractivity contribution in [2.24, 2.45) is 0 Å². The Morgan fingerprint density at radius 1 is 0.387 bits per heavy atom. The minimum atomic E-state index is -3.11. The lowest BCUT2D eigenvalue weighted by Crippen LogP contribution is -2.74. The van der Waals surface area contributed by atoms with Gasteiger partial charge in [-0.05, 0) is 20.7 Å². The van der Waals surface area contributed by atoms with Crippen LogP contribution in [-0.2, 0) is 13.0 Å². The highest BCUT2D eigenvalue weighted by molar-refractivity contribution is 7.04. The summed E-state index contributed by atoms with van der Waals surface area (Å²) in [5.74, 6) is 0. The van der Waals surface area contributed by atoms with Gasteiger partial charge < -0.3 is 13.0 Å². The summed E-state index contributed by atoms with van der Waals surface area (Å²) in [5.41, 5.74) is 0. The zero-order valence-electron chi connectivity index (χ0n) is 17.8. The van der Waals surface area contributed by atoms with Crippen LogP contribution in [0.25, 0.3) is 0 Å². The molecule has 156 valence electrons. The van der Waals surface area contributed by atoms with E-state index < -0.39 is 17.1 Å². The van der Waals surface area contributed by atoms with Gasteiger partial charge in [0.2, 0.25) is 0 Å². The molecule has 0 spiro atoms. The highest BCUT2D eigenvalue weighted by atomic mass is 28.5. The molecular formula is C26H26O3Si2. The Bertz CT molecular complexity index is 907. The standard InChI is InChI=1S/C26H26O3Si2/c1-27-30(23-15-7-3-8-16-23,24-17-9-4-10-18-24)29-31(28-2,25-19-11-5-12-20-25)26-21-13-6-14-22-26/h3-22H,1-2H3. The van der Waals surface area contributed by atoms with Crippen LogP contribution in [0.5, 0.6) is 0 Å². The molecule has 4 aromatic rings. The van der Waals surface area contributed by atoms with Crippen molar-refractivity contribution in [1.29, 1.82) is 0 Å². The first kappa shape index (κ1) is 21.4. The molecule has 0 aliphatic carbocycles. The maximum absolute atomic E-state index is 7.30. The van der Waals surface area contributed by atoms with Crippen molar-refractivity contribution in [1.82, 2.24) is 0 Å². The molecule has 31 heavy (non-hydrogen) atoms. The summed E-state index contributed by atoms with van der Waals surface area (Å²) in [6.45, 7) is 0. The molecular weight excluding hydrogens is 416 g/mol. The number of rotatable bonds is 8. The summed E-state index contributed by atoms with van der Waals surface area (Å²) in [6, 6.07) is 41.0. The Balaban J connectivity index is 1.98. The molecule has 0 saturated heterocycles. The molecule has 0 N–H and O–H groups in total. The van der Waals surface area contributed by atoms with Crippen molar-refractivity contribution in [3.63, 3.8) is 0 Å². The van der Waals surface area contributed by atoms with Gasteiger partial charge in [0.25, 0.3) is 0 Å². The molecule has 0 aromatic heterocycles. The van der Waals surface area contributed by atoms with E-state index in [1.165, 1.54) is 0 Å². The van der Waals surface area contributed by atoms with E-state index in [4.69, 9.17) is 13.0 Å². The van der Waals surface area contributed by atoms with E-state index in [9.17, 15) is 0 Å². The Morgan fingerprint density at radius 3 is 0.806 bits per heavy atom. The molecule has 3 nitrogen and oxygen atoms in total. The molecule has 0 fully saturated rings. The first-order chi connectivity index (χ1) is 15.2. The smallest absolute Gasteiger partial charge is 0.398 e. The van der Waals surface area contributed by atoms with Gasteiger partial charge in [0.15, 0.2) is 0 Å². The fourth-order valence-corrected chi connectivity index (χ4v) is 12.3. The normalized spacial score (nSPS) is 11.9. The van der Waals surface area contributed by atoms with Gasteiger partial charge in [-0.15, -0.1) is 0 Å². The number of benzene rings is 4. The van der Waals surface area contributed by atoms with Crippen LogP contribution >= 0.6 is 0 Å². The second kappa shape index (κ2) is 9.55. The van der Waals surface area contributed by atoms with Gasteiger partial charge in [0, 0.05) is 14.2 Å². The number of hydrogen-bond acceptors (Lipinski definition) is 3. The molecule has 4 rings (SSSR count). The van der Waals surface area contributed by atoms with Crippen LogP contribution in [0.4, 0.5) is 0 Å². The average molecular weight is 443 g/mol.